The van der Waals surface area contributed by atoms with Gasteiger partial charge >= 0.3 is 0 Å². The molecule has 0 spiro atoms. The van der Waals surface area contributed by atoms with Gasteiger partial charge < -0.3 is 29.9 Å². The lowest BCUT2D eigenvalue weighted by atomic mass is 9.48. The third-order valence-corrected chi connectivity index (χ3v) is 8.89. The van der Waals surface area contributed by atoms with Crippen molar-refractivity contribution in [3.63, 3.8) is 0 Å². The molecule has 184 valence electrons. The molecule has 9 atom stereocenters. The highest BCUT2D eigenvalue weighted by molar-refractivity contribution is 5.18. The number of hydrogen-bond donors (Lipinski definition) is 4. The lowest BCUT2D eigenvalue weighted by Crippen LogP contribution is -2.60. The Morgan fingerprint density at radius 1 is 1.19 bits per heavy atom. The Morgan fingerprint density at radius 3 is 2.50 bits per heavy atom. The number of hydrogen-bond acceptors (Lipinski definition) is 6. The van der Waals surface area contributed by atoms with Gasteiger partial charge in [-0.3, -0.25) is 0 Å². The van der Waals surface area contributed by atoms with Crippen LogP contribution in [0.5, 0.6) is 0 Å². The minimum Gasteiger partial charge on any atom is -0.394 e. The first-order valence-corrected chi connectivity index (χ1v) is 12.2. The molecule has 1 saturated heterocycles. The first-order chi connectivity index (χ1) is 14.9. The smallest absolute Gasteiger partial charge is 0.187 e. The van der Waals surface area contributed by atoms with Crippen molar-refractivity contribution in [2.24, 2.45) is 22.7 Å². The SMILES string of the molecule is C=C[C@@](C)(CC[C@H]1C(C)=CC[C@H]2C(C)(C)CCC[C@]12C)O[C@@H]1O[C@@H](CO)[C@H](O)[C@@H](O)[C@H]1O. The third-order valence-electron chi connectivity index (χ3n) is 8.89. The molecule has 0 bridgehead atoms. The van der Waals surface area contributed by atoms with E-state index in [2.05, 4.69) is 40.3 Å². The normalized spacial score (nSPS) is 43.7. The standard InChI is InChI=1S/C26H44O6/c1-7-25(5,32-23-22(30)21(29)20(28)18(15-27)31-23)14-11-17-16(2)9-10-19-24(3,4)12-8-13-26(17,19)6/h7,9,17-23,27-30H,1,8,10-15H2,2-6H3/t17-,18-,19-,20-,21+,22+,23-,25-,26+/m0/s1. The van der Waals surface area contributed by atoms with Crippen molar-refractivity contribution in [1.82, 2.24) is 0 Å². The monoisotopic (exact) mass is 452 g/mol. The van der Waals surface area contributed by atoms with Crippen LogP contribution in [0.15, 0.2) is 24.3 Å². The van der Waals surface area contributed by atoms with Gasteiger partial charge in [-0.25, -0.2) is 0 Å². The molecule has 4 N–H and O–H groups in total. The number of ether oxygens (including phenoxy) is 2. The van der Waals surface area contributed by atoms with Crippen LogP contribution in [0.25, 0.3) is 0 Å². The van der Waals surface area contributed by atoms with E-state index in [4.69, 9.17) is 9.47 Å². The van der Waals surface area contributed by atoms with E-state index >= 15 is 0 Å². The molecule has 32 heavy (non-hydrogen) atoms. The van der Waals surface area contributed by atoms with E-state index in [1.54, 1.807) is 6.08 Å². The number of aliphatic hydroxyl groups is 4. The summed E-state index contributed by atoms with van der Waals surface area (Å²) in [7, 11) is 0. The molecule has 6 heteroatoms. The summed E-state index contributed by atoms with van der Waals surface area (Å²) in [4.78, 5) is 0. The van der Waals surface area contributed by atoms with Gasteiger partial charge in [-0.15, -0.1) is 6.58 Å². The van der Waals surface area contributed by atoms with Crippen molar-refractivity contribution < 1.29 is 29.9 Å². The zero-order valence-corrected chi connectivity index (χ0v) is 20.5. The van der Waals surface area contributed by atoms with Gasteiger partial charge in [0.1, 0.15) is 24.4 Å². The maximum atomic E-state index is 10.4. The highest BCUT2D eigenvalue weighted by Gasteiger charge is 2.52. The first kappa shape index (κ1) is 25.9. The second-order valence-corrected chi connectivity index (χ2v) is 11.5. The van der Waals surface area contributed by atoms with Gasteiger partial charge in [-0.05, 0) is 68.6 Å². The van der Waals surface area contributed by atoms with Crippen LogP contribution >= 0.6 is 0 Å². The Kier molecular flexibility index (Phi) is 7.65. The van der Waals surface area contributed by atoms with E-state index in [1.807, 2.05) is 6.92 Å². The third kappa shape index (κ3) is 4.73. The van der Waals surface area contributed by atoms with Crippen molar-refractivity contribution >= 4 is 0 Å². The lowest BCUT2D eigenvalue weighted by molar-refractivity contribution is -0.320. The summed E-state index contributed by atoms with van der Waals surface area (Å²) in [6.45, 7) is 14.9. The molecule has 1 heterocycles. The molecule has 1 saturated carbocycles. The van der Waals surface area contributed by atoms with E-state index < -0.39 is 42.9 Å². The number of rotatable bonds is 7. The fraction of sp³-hybridized carbons (Fsp3) is 0.846. The van der Waals surface area contributed by atoms with Crippen LogP contribution in [0, 0.1) is 22.7 Å². The lowest BCUT2D eigenvalue weighted by Gasteiger charge is -2.57. The molecular formula is C26H44O6. The van der Waals surface area contributed by atoms with Gasteiger partial charge in [0.25, 0.3) is 0 Å². The molecule has 0 radical (unpaired) electrons. The summed E-state index contributed by atoms with van der Waals surface area (Å²) in [5, 5.41) is 40.0. The van der Waals surface area contributed by atoms with Crippen LogP contribution in [-0.4, -0.2) is 63.3 Å². The average Bonchev–Trinajstić information content (AvgIpc) is 2.73. The van der Waals surface area contributed by atoms with Crippen LogP contribution < -0.4 is 0 Å². The molecule has 3 aliphatic rings. The van der Waals surface area contributed by atoms with Gasteiger partial charge in [0.15, 0.2) is 6.29 Å². The van der Waals surface area contributed by atoms with E-state index in [-0.39, 0.29) is 5.41 Å². The maximum Gasteiger partial charge on any atom is 0.187 e. The largest absolute Gasteiger partial charge is 0.394 e. The minimum atomic E-state index is -1.45. The molecule has 6 nitrogen and oxygen atoms in total. The number of allylic oxidation sites excluding steroid dienone is 2. The maximum absolute atomic E-state index is 10.4. The van der Waals surface area contributed by atoms with E-state index in [9.17, 15) is 20.4 Å². The van der Waals surface area contributed by atoms with Gasteiger partial charge in [0.05, 0.1) is 12.2 Å². The van der Waals surface area contributed by atoms with Gasteiger partial charge in [-0.1, -0.05) is 44.9 Å². The van der Waals surface area contributed by atoms with Crippen LogP contribution in [0.3, 0.4) is 0 Å². The fourth-order valence-electron chi connectivity index (χ4n) is 6.76. The second-order valence-electron chi connectivity index (χ2n) is 11.5. The van der Waals surface area contributed by atoms with Crippen LogP contribution in [0.1, 0.15) is 73.1 Å². The molecule has 2 aliphatic carbocycles. The zero-order valence-electron chi connectivity index (χ0n) is 20.5. The summed E-state index contributed by atoms with van der Waals surface area (Å²) in [5.41, 5.74) is 1.23. The summed E-state index contributed by atoms with van der Waals surface area (Å²) in [5.74, 6) is 1.09. The number of aliphatic hydroxyl groups excluding tert-OH is 4. The summed E-state index contributed by atoms with van der Waals surface area (Å²) in [6, 6.07) is 0. The predicted octanol–water partition coefficient (Wildman–Crippen LogP) is 3.33. The van der Waals surface area contributed by atoms with Gasteiger partial charge in [-0.2, -0.15) is 0 Å². The summed E-state index contributed by atoms with van der Waals surface area (Å²) < 4.78 is 11.7. The number of fused-ring (bicyclic) bond motifs is 1. The Hall–Kier alpha value is -0.760. The Labute approximate surface area is 193 Å². The fourth-order valence-corrected chi connectivity index (χ4v) is 6.76. The summed E-state index contributed by atoms with van der Waals surface area (Å²) in [6.07, 6.45) is 4.25. The average molecular weight is 453 g/mol. The highest BCUT2D eigenvalue weighted by Crippen LogP contribution is 2.60. The highest BCUT2D eigenvalue weighted by atomic mass is 16.7. The van der Waals surface area contributed by atoms with Crippen molar-refractivity contribution in [3.05, 3.63) is 24.3 Å². The molecule has 0 unspecified atom stereocenters. The quantitative estimate of drug-likeness (QED) is 0.442. The molecule has 0 amide bonds. The van der Waals surface area contributed by atoms with Gasteiger partial charge in [0, 0.05) is 0 Å². The zero-order chi connectivity index (χ0) is 23.9. The van der Waals surface area contributed by atoms with Crippen molar-refractivity contribution in [3.8, 4) is 0 Å². The minimum absolute atomic E-state index is 0.242. The van der Waals surface area contributed by atoms with E-state index in [0.29, 0.717) is 23.7 Å². The molecule has 0 aromatic rings. The van der Waals surface area contributed by atoms with Gasteiger partial charge in [0.2, 0.25) is 0 Å². The predicted molar refractivity (Wildman–Crippen MR) is 124 cm³/mol. The second kappa shape index (κ2) is 9.47. The molecule has 0 aromatic heterocycles. The van der Waals surface area contributed by atoms with E-state index in [0.717, 1.165) is 12.8 Å². The van der Waals surface area contributed by atoms with Crippen LogP contribution in [-0.2, 0) is 9.47 Å². The molecule has 2 fully saturated rings. The van der Waals surface area contributed by atoms with Crippen molar-refractivity contribution in [2.75, 3.05) is 6.61 Å². The Morgan fingerprint density at radius 2 is 1.88 bits per heavy atom. The van der Waals surface area contributed by atoms with Crippen LogP contribution in [0.4, 0.5) is 0 Å². The van der Waals surface area contributed by atoms with Crippen LogP contribution in [0.2, 0.25) is 0 Å². The molecule has 1 aliphatic heterocycles. The van der Waals surface area contributed by atoms with E-state index in [1.165, 1.54) is 24.8 Å². The Bertz CT molecular complexity index is 702. The molecule has 3 rings (SSSR count). The van der Waals surface area contributed by atoms with Crippen molar-refractivity contribution in [1.29, 1.82) is 0 Å². The molecular weight excluding hydrogens is 408 g/mol. The van der Waals surface area contributed by atoms with Crippen molar-refractivity contribution in [2.45, 2.75) is 109 Å². The first-order valence-electron chi connectivity index (χ1n) is 12.2. The Balaban J connectivity index is 1.74. The summed E-state index contributed by atoms with van der Waals surface area (Å²) >= 11 is 0. The topological polar surface area (TPSA) is 99.4 Å². The molecule has 0 aromatic carbocycles.